The highest BCUT2D eigenvalue weighted by Crippen LogP contribution is 2.29. The first-order valence-corrected chi connectivity index (χ1v) is 8.33. The summed E-state index contributed by atoms with van der Waals surface area (Å²) in [7, 11) is 1.74. The van der Waals surface area contributed by atoms with Crippen LogP contribution in [0.1, 0.15) is 57.8 Å². The summed E-state index contributed by atoms with van der Waals surface area (Å²) in [5.41, 5.74) is 0. The standard InChI is InChI=1S/C16H26N2O3/c1-21-13-8-7-11(9-13)17-14-10-15(19)18(16(14)20)12-5-3-2-4-6-12/h11-14,17H,2-10H2,1H3. The van der Waals surface area contributed by atoms with Crippen LogP contribution in [0.5, 0.6) is 0 Å². The number of hydrogen-bond acceptors (Lipinski definition) is 4. The molecular weight excluding hydrogens is 268 g/mol. The average Bonchev–Trinajstić information content (AvgIpc) is 3.05. The molecule has 0 radical (unpaired) electrons. The third-order valence-corrected chi connectivity index (χ3v) is 5.28. The monoisotopic (exact) mass is 294 g/mol. The van der Waals surface area contributed by atoms with Crippen molar-refractivity contribution in [2.24, 2.45) is 0 Å². The van der Waals surface area contributed by atoms with Crippen LogP contribution in [0.25, 0.3) is 0 Å². The van der Waals surface area contributed by atoms with Gasteiger partial charge in [0.05, 0.1) is 18.6 Å². The highest BCUT2D eigenvalue weighted by molar-refractivity contribution is 6.05. The molecule has 2 saturated carbocycles. The zero-order valence-electron chi connectivity index (χ0n) is 12.8. The van der Waals surface area contributed by atoms with E-state index >= 15 is 0 Å². The minimum atomic E-state index is -0.306. The summed E-state index contributed by atoms with van der Waals surface area (Å²) in [6, 6.07) is 0.156. The first-order valence-electron chi connectivity index (χ1n) is 8.33. The van der Waals surface area contributed by atoms with Crippen LogP contribution in [0, 0.1) is 0 Å². The van der Waals surface area contributed by atoms with Crippen molar-refractivity contribution in [2.75, 3.05) is 7.11 Å². The van der Waals surface area contributed by atoms with Gasteiger partial charge in [-0.2, -0.15) is 0 Å². The summed E-state index contributed by atoms with van der Waals surface area (Å²) in [6.07, 6.45) is 9.12. The van der Waals surface area contributed by atoms with Crippen LogP contribution < -0.4 is 5.32 Å². The summed E-state index contributed by atoms with van der Waals surface area (Å²) in [5.74, 6) is 0.0263. The lowest BCUT2D eigenvalue weighted by atomic mass is 9.94. The second-order valence-electron chi connectivity index (χ2n) is 6.68. The fourth-order valence-electron chi connectivity index (χ4n) is 4.09. The van der Waals surface area contributed by atoms with Gasteiger partial charge in [0.15, 0.2) is 0 Å². The van der Waals surface area contributed by atoms with Crippen molar-refractivity contribution in [3.8, 4) is 0 Å². The Morgan fingerprint density at radius 1 is 1.10 bits per heavy atom. The molecule has 0 spiro atoms. The molecule has 2 aliphatic carbocycles. The number of hydrogen-bond donors (Lipinski definition) is 1. The molecule has 2 amide bonds. The molecule has 3 aliphatic rings. The maximum absolute atomic E-state index is 12.6. The fraction of sp³-hybridized carbons (Fsp3) is 0.875. The molecular formula is C16H26N2O3. The Labute approximate surface area is 126 Å². The highest BCUT2D eigenvalue weighted by Gasteiger charge is 2.43. The third kappa shape index (κ3) is 3.14. The highest BCUT2D eigenvalue weighted by atomic mass is 16.5. The van der Waals surface area contributed by atoms with Gasteiger partial charge in [-0.3, -0.25) is 14.5 Å². The van der Waals surface area contributed by atoms with E-state index in [0.717, 1.165) is 44.9 Å². The molecule has 3 fully saturated rings. The Morgan fingerprint density at radius 3 is 2.52 bits per heavy atom. The van der Waals surface area contributed by atoms with Gasteiger partial charge in [-0.05, 0) is 32.1 Å². The molecule has 3 atom stereocenters. The zero-order valence-corrected chi connectivity index (χ0v) is 12.8. The molecule has 21 heavy (non-hydrogen) atoms. The minimum Gasteiger partial charge on any atom is -0.381 e. The van der Waals surface area contributed by atoms with E-state index in [1.54, 1.807) is 12.0 Å². The Bertz CT molecular complexity index is 406. The van der Waals surface area contributed by atoms with Gasteiger partial charge in [-0.25, -0.2) is 0 Å². The Kier molecular flexibility index (Phi) is 4.60. The van der Waals surface area contributed by atoms with Crippen LogP contribution in [0.15, 0.2) is 0 Å². The number of ether oxygens (including phenoxy) is 1. The van der Waals surface area contributed by atoms with E-state index in [1.165, 1.54) is 6.42 Å². The van der Waals surface area contributed by atoms with Crippen molar-refractivity contribution < 1.29 is 14.3 Å². The van der Waals surface area contributed by atoms with Crippen LogP contribution in [0.4, 0.5) is 0 Å². The molecule has 0 aromatic heterocycles. The summed E-state index contributed by atoms with van der Waals surface area (Å²) in [6.45, 7) is 0. The Morgan fingerprint density at radius 2 is 1.86 bits per heavy atom. The lowest BCUT2D eigenvalue weighted by Crippen LogP contribution is -2.46. The van der Waals surface area contributed by atoms with Gasteiger partial charge in [0, 0.05) is 19.2 Å². The van der Waals surface area contributed by atoms with Crippen LogP contribution in [-0.4, -0.2) is 48.1 Å². The first-order chi connectivity index (χ1) is 10.2. The molecule has 5 nitrogen and oxygen atoms in total. The molecule has 118 valence electrons. The van der Waals surface area contributed by atoms with Crippen LogP contribution in [-0.2, 0) is 14.3 Å². The predicted octanol–water partition coefficient (Wildman–Crippen LogP) is 1.60. The van der Waals surface area contributed by atoms with E-state index in [1.807, 2.05) is 0 Å². The van der Waals surface area contributed by atoms with Gasteiger partial charge in [0.25, 0.3) is 0 Å². The average molecular weight is 294 g/mol. The normalized spacial score (nSPS) is 34.9. The molecule has 0 bridgehead atoms. The molecule has 5 heteroatoms. The first kappa shape index (κ1) is 15.0. The van der Waals surface area contributed by atoms with E-state index in [9.17, 15) is 9.59 Å². The summed E-state index contributed by atoms with van der Waals surface area (Å²) in [4.78, 5) is 26.4. The second-order valence-corrected chi connectivity index (χ2v) is 6.68. The zero-order chi connectivity index (χ0) is 14.8. The van der Waals surface area contributed by atoms with Crippen LogP contribution in [0.2, 0.25) is 0 Å². The number of methoxy groups -OCH3 is 1. The second kappa shape index (κ2) is 6.44. The summed E-state index contributed by atoms with van der Waals surface area (Å²) >= 11 is 0. The van der Waals surface area contributed by atoms with Gasteiger partial charge in [0.1, 0.15) is 0 Å². The molecule has 0 aromatic carbocycles. The van der Waals surface area contributed by atoms with Crippen molar-refractivity contribution in [3.05, 3.63) is 0 Å². The number of likely N-dealkylation sites (tertiary alicyclic amines) is 1. The van der Waals surface area contributed by atoms with Crippen LogP contribution in [0.3, 0.4) is 0 Å². The number of nitrogens with one attached hydrogen (secondary N) is 1. The van der Waals surface area contributed by atoms with Gasteiger partial charge in [-0.15, -0.1) is 0 Å². The quantitative estimate of drug-likeness (QED) is 0.800. The van der Waals surface area contributed by atoms with E-state index in [2.05, 4.69) is 5.32 Å². The number of rotatable bonds is 4. The van der Waals surface area contributed by atoms with E-state index < -0.39 is 0 Å². The van der Waals surface area contributed by atoms with Crippen molar-refractivity contribution in [3.63, 3.8) is 0 Å². The van der Waals surface area contributed by atoms with Crippen molar-refractivity contribution >= 4 is 11.8 Å². The molecule has 0 aromatic rings. The number of imide groups is 1. The lowest BCUT2D eigenvalue weighted by Gasteiger charge is -2.30. The van der Waals surface area contributed by atoms with Gasteiger partial charge < -0.3 is 10.1 Å². The third-order valence-electron chi connectivity index (χ3n) is 5.28. The summed E-state index contributed by atoms with van der Waals surface area (Å²) in [5, 5.41) is 3.40. The van der Waals surface area contributed by atoms with Crippen LogP contribution >= 0.6 is 0 Å². The number of carbonyl (C=O) groups is 2. The molecule has 1 N–H and O–H groups in total. The SMILES string of the molecule is COC1CCC(NC2CC(=O)N(C3CCCCC3)C2=O)C1. The van der Waals surface area contributed by atoms with Crippen molar-refractivity contribution in [2.45, 2.75) is 82.0 Å². The minimum absolute atomic E-state index is 0.00719. The molecule has 1 heterocycles. The van der Waals surface area contributed by atoms with Gasteiger partial charge in [-0.1, -0.05) is 19.3 Å². The van der Waals surface area contributed by atoms with E-state index in [0.29, 0.717) is 18.6 Å². The van der Waals surface area contributed by atoms with Crippen molar-refractivity contribution in [1.29, 1.82) is 0 Å². The van der Waals surface area contributed by atoms with Gasteiger partial charge in [0.2, 0.25) is 11.8 Å². The molecule has 1 saturated heterocycles. The molecule has 3 rings (SSSR count). The fourth-order valence-corrected chi connectivity index (χ4v) is 4.09. The maximum atomic E-state index is 12.6. The van der Waals surface area contributed by atoms with E-state index in [4.69, 9.17) is 4.74 Å². The largest absolute Gasteiger partial charge is 0.381 e. The Balaban J connectivity index is 1.58. The number of amides is 2. The predicted molar refractivity (Wildman–Crippen MR) is 78.7 cm³/mol. The molecule has 3 unspecified atom stereocenters. The number of nitrogens with zero attached hydrogens (tertiary/aromatic N) is 1. The summed E-state index contributed by atoms with van der Waals surface area (Å²) < 4.78 is 5.37. The van der Waals surface area contributed by atoms with Crippen molar-refractivity contribution in [1.82, 2.24) is 10.2 Å². The smallest absolute Gasteiger partial charge is 0.247 e. The van der Waals surface area contributed by atoms with Gasteiger partial charge >= 0.3 is 0 Å². The van der Waals surface area contributed by atoms with E-state index in [-0.39, 0.29) is 23.9 Å². The maximum Gasteiger partial charge on any atom is 0.247 e. The lowest BCUT2D eigenvalue weighted by molar-refractivity contribution is -0.142. The molecule has 1 aliphatic heterocycles. The number of carbonyl (C=O) groups excluding carboxylic acids is 2. The Hall–Kier alpha value is -0.940. The topological polar surface area (TPSA) is 58.6 Å².